The van der Waals surface area contributed by atoms with Crippen LogP contribution in [-0.4, -0.2) is 33.6 Å². The Bertz CT molecular complexity index is 1060. The molecule has 0 atom stereocenters. The Hall–Kier alpha value is -2.96. The molecule has 2 aromatic carbocycles. The van der Waals surface area contributed by atoms with Crippen LogP contribution in [0.15, 0.2) is 60.8 Å². The van der Waals surface area contributed by atoms with E-state index in [2.05, 4.69) is 41.5 Å². The summed E-state index contributed by atoms with van der Waals surface area (Å²) in [7, 11) is 1.13. The molecule has 0 unspecified atom stereocenters. The van der Waals surface area contributed by atoms with Gasteiger partial charge in [0, 0.05) is 29.6 Å². The molecule has 1 aromatic heterocycles. The van der Waals surface area contributed by atoms with Gasteiger partial charge in [0.25, 0.3) is 5.79 Å². The molecule has 0 aliphatic heterocycles. The second-order valence-corrected chi connectivity index (χ2v) is 8.64. The van der Waals surface area contributed by atoms with Crippen LogP contribution < -0.4 is 0 Å². The lowest BCUT2D eigenvalue weighted by Gasteiger charge is -2.18. The third kappa shape index (κ3) is 5.89. The highest BCUT2D eigenvalue weighted by Crippen LogP contribution is 2.36. The van der Waals surface area contributed by atoms with Gasteiger partial charge in [-0.25, -0.2) is 9.18 Å². The predicted molar refractivity (Wildman–Crippen MR) is 127 cm³/mol. The van der Waals surface area contributed by atoms with Crippen LogP contribution in [0.1, 0.15) is 56.7 Å². The topological polar surface area (TPSA) is 71.7 Å². The van der Waals surface area contributed by atoms with Crippen LogP contribution in [0.2, 0.25) is 0 Å². The molecular weight excluding hydrogens is 421 g/mol. The first-order valence-corrected chi connectivity index (χ1v) is 11.3. The first-order valence-electron chi connectivity index (χ1n) is 11.3. The van der Waals surface area contributed by atoms with Gasteiger partial charge in [0.05, 0.1) is 7.11 Å². The fourth-order valence-corrected chi connectivity index (χ4v) is 4.25. The SMILES string of the molecule is COC(=O)C(O)(O)CCCCCc1c(-c2ccc(F)cc2)cn(-c2ccccc2)c1C(C)C. The van der Waals surface area contributed by atoms with Crippen molar-refractivity contribution in [1.29, 1.82) is 0 Å². The van der Waals surface area contributed by atoms with E-state index < -0.39 is 11.8 Å². The van der Waals surface area contributed by atoms with Crippen molar-refractivity contribution in [3.8, 4) is 16.8 Å². The number of unbranched alkanes of at least 4 members (excludes halogenated alkanes) is 2. The number of hydrogen-bond acceptors (Lipinski definition) is 4. The molecule has 0 saturated heterocycles. The minimum atomic E-state index is -2.45. The first kappa shape index (κ1) is 24.7. The van der Waals surface area contributed by atoms with E-state index in [9.17, 15) is 19.4 Å². The minimum Gasteiger partial charge on any atom is -0.465 e. The van der Waals surface area contributed by atoms with Gasteiger partial charge in [-0.2, -0.15) is 0 Å². The van der Waals surface area contributed by atoms with E-state index >= 15 is 0 Å². The van der Waals surface area contributed by atoms with Crippen LogP contribution >= 0.6 is 0 Å². The van der Waals surface area contributed by atoms with Crippen molar-refractivity contribution in [3.05, 3.63) is 77.9 Å². The van der Waals surface area contributed by atoms with Crippen molar-refractivity contribution in [1.82, 2.24) is 4.57 Å². The Labute approximate surface area is 194 Å². The van der Waals surface area contributed by atoms with Crippen LogP contribution in [0.4, 0.5) is 4.39 Å². The summed E-state index contributed by atoms with van der Waals surface area (Å²) in [6.45, 7) is 4.32. The van der Waals surface area contributed by atoms with Gasteiger partial charge in [0.15, 0.2) is 0 Å². The zero-order valence-corrected chi connectivity index (χ0v) is 19.4. The number of ether oxygens (including phenoxy) is 1. The molecule has 0 bridgehead atoms. The molecule has 3 rings (SSSR count). The molecule has 0 aliphatic rings. The van der Waals surface area contributed by atoms with Gasteiger partial charge in [0.1, 0.15) is 5.82 Å². The average Bonchev–Trinajstić information content (AvgIpc) is 3.19. The molecule has 33 heavy (non-hydrogen) atoms. The third-order valence-electron chi connectivity index (χ3n) is 5.85. The highest BCUT2D eigenvalue weighted by Gasteiger charge is 2.33. The number of methoxy groups -OCH3 is 1. The van der Waals surface area contributed by atoms with Crippen molar-refractivity contribution in [2.75, 3.05) is 7.11 Å². The Balaban J connectivity index is 1.87. The lowest BCUT2D eigenvalue weighted by molar-refractivity contribution is -0.209. The number of carbonyl (C=O) groups excluding carboxylic acids is 1. The summed E-state index contributed by atoms with van der Waals surface area (Å²) in [4.78, 5) is 11.4. The number of carbonyl (C=O) groups is 1. The maximum Gasteiger partial charge on any atom is 0.366 e. The van der Waals surface area contributed by atoms with E-state index in [1.807, 2.05) is 18.2 Å². The number of benzene rings is 2. The fourth-order valence-electron chi connectivity index (χ4n) is 4.25. The van der Waals surface area contributed by atoms with Gasteiger partial charge in [-0.1, -0.05) is 50.6 Å². The van der Waals surface area contributed by atoms with Crippen molar-refractivity contribution in [2.24, 2.45) is 0 Å². The molecule has 176 valence electrons. The molecule has 0 radical (unpaired) electrons. The molecule has 1 heterocycles. The largest absolute Gasteiger partial charge is 0.465 e. The third-order valence-corrected chi connectivity index (χ3v) is 5.85. The van der Waals surface area contributed by atoms with Crippen LogP contribution in [0.3, 0.4) is 0 Å². The smallest absolute Gasteiger partial charge is 0.366 e. The summed E-state index contributed by atoms with van der Waals surface area (Å²) in [6, 6.07) is 16.7. The van der Waals surface area contributed by atoms with Crippen molar-refractivity contribution in [3.63, 3.8) is 0 Å². The Morgan fingerprint density at radius 1 is 1.03 bits per heavy atom. The normalized spacial score (nSPS) is 11.7. The molecule has 0 aliphatic carbocycles. The first-order chi connectivity index (χ1) is 15.7. The van der Waals surface area contributed by atoms with Gasteiger partial charge >= 0.3 is 5.97 Å². The number of nitrogens with zero attached hydrogens (tertiary/aromatic N) is 1. The highest BCUT2D eigenvalue weighted by atomic mass is 19.1. The maximum absolute atomic E-state index is 13.6. The number of halogens is 1. The van der Waals surface area contributed by atoms with Gasteiger partial charge in [-0.3, -0.25) is 0 Å². The zero-order valence-electron chi connectivity index (χ0n) is 19.4. The number of hydrogen-bond donors (Lipinski definition) is 2. The summed E-state index contributed by atoms with van der Waals surface area (Å²) in [5, 5.41) is 19.6. The lowest BCUT2D eigenvalue weighted by atomic mass is 9.94. The average molecular weight is 454 g/mol. The second-order valence-electron chi connectivity index (χ2n) is 8.64. The highest BCUT2D eigenvalue weighted by molar-refractivity contribution is 5.76. The summed E-state index contributed by atoms with van der Waals surface area (Å²) in [5.74, 6) is -3.50. The van der Waals surface area contributed by atoms with Gasteiger partial charge < -0.3 is 19.5 Å². The van der Waals surface area contributed by atoms with Crippen LogP contribution in [0, 0.1) is 5.82 Å². The molecular formula is C27H32FNO4. The van der Waals surface area contributed by atoms with Gasteiger partial charge in [-0.15, -0.1) is 0 Å². The van der Waals surface area contributed by atoms with E-state index in [4.69, 9.17) is 0 Å². The summed E-state index contributed by atoms with van der Waals surface area (Å²) in [6.07, 6.45) is 4.83. The van der Waals surface area contributed by atoms with E-state index in [1.165, 1.54) is 23.4 Å². The van der Waals surface area contributed by atoms with Crippen molar-refractivity contribution >= 4 is 5.97 Å². The second kappa shape index (κ2) is 10.8. The minimum absolute atomic E-state index is 0.0768. The summed E-state index contributed by atoms with van der Waals surface area (Å²) >= 11 is 0. The standard InChI is InChI=1S/C27H32FNO4/c1-19(2)25-23(12-8-5-9-17-27(31,32)26(30)33-3)24(20-13-15-21(28)16-14-20)18-29(25)22-10-6-4-7-11-22/h4,6-7,10-11,13-16,18-19,31-32H,5,8-9,12,17H2,1-3H3. The van der Waals surface area contributed by atoms with E-state index in [0.717, 1.165) is 43.2 Å². The quantitative estimate of drug-likeness (QED) is 0.246. The van der Waals surface area contributed by atoms with E-state index in [0.29, 0.717) is 6.42 Å². The lowest BCUT2D eigenvalue weighted by Crippen LogP contribution is -2.39. The molecule has 6 heteroatoms. The number of aromatic nitrogens is 1. The van der Waals surface area contributed by atoms with Crippen molar-refractivity contribution < 1.29 is 24.1 Å². The van der Waals surface area contributed by atoms with E-state index in [-0.39, 0.29) is 18.2 Å². The van der Waals surface area contributed by atoms with E-state index in [1.54, 1.807) is 12.1 Å². The molecule has 0 amide bonds. The zero-order chi connectivity index (χ0) is 24.0. The summed E-state index contributed by atoms with van der Waals surface area (Å²) < 4.78 is 20.2. The number of esters is 1. The molecule has 0 fully saturated rings. The number of aliphatic hydroxyl groups is 2. The molecule has 2 N–H and O–H groups in total. The molecule has 0 saturated carbocycles. The molecule has 0 spiro atoms. The van der Waals surface area contributed by atoms with Crippen LogP contribution in [-0.2, 0) is 16.0 Å². The Kier molecular flexibility index (Phi) is 8.06. The Morgan fingerprint density at radius 3 is 2.30 bits per heavy atom. The fraction of sp³-hybridized carbons (Fsp3) is 0.370. The van der Waals surface area contributed by atoms with Crippen LogP contribution in [0.25, 0.3) is 16.8 Å². The monoisotopic (exact) mass is 453 g/mol. The van der Waals surface area contributed by atoms with Gasteiger partial charge in [0.2, 0.25) is 0 Å². The Morgan fingerprint density at radius 2 is 1.70 bits per heavy atom. The summed E-state index contributed by atoms with van der Waals surface area (Å²) in [5.41, 5.74) is 5.50. The molecule has 3 aromatic rings. The van der Waals surface area contributed by atoms with Crippen molar-refractivity contribution in [2.45, 2.75) is 57.7 Å². The number of rotatable bonds is 10. The van der Waals surface area contributed by atoms with Crippen LogP contribution in [0.5, 0.6) is 0 Å². The molecule has 5 nitrogen and oxygen atoms in total. The number of para-hydroxylation sites is 1. The maximum atomic E-state index is 13.6. The van der Waals surface area contributed by atoms with Gasteiger partial charge in [-0.05, 0) is 60.6 Å². The predicted octanol–water partition coefficient (Wildman–Crippen LogP) is 5.36.